The lowest BCUT2D eigenvalue weighted by Crippen LogP contribution is -2.42. The quantitative estimate of drug-likeness (QED) is 0.131. The fourth-order valence-corrected chi connectivity index (χ4v) is 4.35. The molecule has 3 rings (SSSR count). The number of dihydropyridines is 1. The SMILES string of the molecule is COC(=O)C1=C(C#N)NC(C)=C(C(=O)OCCOc2ccc(OCC(O)CNC(C)(C)C)cc2)C1c1cccc([N+](=O)[O-])c1. The van der Waals surface area contributed by atoms with E-state index >= 15 is 0 Å². The predicted molar refractivity (Wildman–Crippen MR) is 158 cm³/mol. The topological polar surface area (TPSA) is 182 Å². The molecule has 1 heterocycles. The maximum atomic E-state index is 13.3. The highest BCUT2D eigenvalue weighted by atomic mass is 16.6. The maximum Gasteiger partial charge on any atom is 0.337 e. The van der Waals surface area contributed by atoms with Crippen LogP contribution in [0.15, 0.2) is 71.1 Å². The van der Waals surface area contributed by atoms with E-state index in [1.165, 1.54) is 31.2 Å². The molecule has 2 atom stereocenters. The van der Waals surface area contributed by atoms with Crippen LogP contribution in [-0.4, -0.2) is 67.1 Å². The number of carbonyl (C=O) groups is 2. The van der Waals surface area contributed by atoms with Crippen LogP contribution in [0, 0.1) is 21.4 Å². The number of nitrogens with zero attached hydrogens (tertiary/aromatic N) is 2. The first-order valence-corrected chi connectivity index (χ1v) is 13.7. The van der Waals surface area contributed by atoms with Gasteiger partial charge in [-0.25, -0.2) is 9.59 Å². The summed E-state index contributed by atoms with van der Waals surface area (Å²) in [5.74, 6) is -1.82. The molecule has 0 bridgehead atoms. The van der Waals surface area contributed by atoms with Gasteiger partial charge >= 0.3 is 11.9 Å². The second-order valence-corrected chi connectivity index (χ2v) is 10.9. The Morgan fingerprint density at radius 3 is 2.34 bits per heavy atom. The van der Waals surface area contributed by atoms with Crippen molar-refractivity contribution in [3.63, 3.8) is 0 Å². The van der Waals surface area contributed by atoms with Crippen molar-refractivity contribution >= 4 is 17.6 Å². The number of nitrogens with one attached hydrogen (secondary N) is 2. The summed E-state index contributed by atoms with van der Waals surface area (Å²) in [5, 5.41) is 37.2. The summed E-state index contributed by atoms with van der Waals surface area (Å²) >= 11 is 0. The van der Waals surface area contributed by atoms with Gasteiger partial charge in [0.1, 0.15) is 49.2 Å². The second kappa shape index (κ2) is 15.0. The highest BCUT2D eigenvalue weighted by molar-refractivity contribution is 6.00. The van der Waals surface area contributed by atoms with Gasteiger partial charge in [0.05, 0.1) is 29.1 Å². The summed E-state index contributed by atoms with van der Waals surface area (Å²) in [6.07, 6.45) is -0.680. The zero-order valence-corrected chi connectivity index (χ0v) is 25.2. The molecule has 0 saturated carbocycles. The molecule has 0 aromatic heterocycles. The zero-order chi connectivity index (χ0) is 32.4. The first kappa shape index (κ1) is 33.6. The Bertz CT molecular complexity index is 1470. The molecule has 0 spiro atoms. The third kappa shape index (κ3) is 9.03. The van der Waals surface area contributed by atoms with Crippen molar-refractivity contribution < 1.29 is 38.6 Å². The van der Waals surface area contributed by atoms with Crippen LogP contribution in [0.25, 0.3) is 0 Å². The van der Waals surface area contributed by atoms with Gasteiger partial charge in [0.15, 0.2) is 0 Å². The average molecular weight is 609 g/mol. The molecular weight excluding hydrogens is 572 g/mol. The number of non-ortho nitro benzene ring substituents is 1. The lowest BCUT2D eigenvalue weighted by molar-refractivity contribution is -0.384. The first-order chi connectivity index (χ1) is 20.8. The molecule has 44 heavy (non-hydrogen) atoms. The summed E-state index contributed by atoms with van der Waals surface area (Å²) < 4.78 is 21.6. The molecule has 0 radical (unpaired) electrons. The normalized spacial score (nSPS) is 15.5. The minimum atomic E-state index is -1.16. The number of β-amino-alcohol motifs (C(OH)–C–C–N with tert-alkyl or cyclic N) is 1. The van der Waals surface area contributed by atoms with Crippen LogP contribution in [0.1, 0.15) is 39.2 Å². The van der Waals surface area contributed by atoms with Gasteiger partial charge in [-0.15, -0.1) is 0 Å². The van der Waals surface area contributed by atoms with Gasteiger partial charge in [0.25, 0.3) is 5.69 Å². The number of carbonyl (C=O) groups excluding carboxylic acids is 2. The van der Waals surface area contributed by atoms with E-state index < -0.39 is 28.9 Å². The average Bonchev–Trinajstić information content (AvgIpc) is 3.00. The Hall–Kier alpha value is -4.93. The van der Waals surface area contributed by atoms with Crippen molar-refractivity contribution in [3.05, 3.63) is 86.7 Å². The Morgan fingerprint density at radius 2 is 1.75 bits per heavy atom. The highest BCUT2D eigenvalue weighted by Gasteiger charge is 2.39. The first-order valence-electron chi connectivity index (χ1n) is 13.7. The highest BCUT2D eigenvalue weighted by Crippen LogP contribution is 2.40. The number of aliphatic hydroxyl groups is 1. The molecule has 0 saturated heterocycles. The molecule has 13 heteroatoms. The number of nitro groups is 1. The standard InChI is InChI=1S/C31H36N4O9/c1-19-26(27(20-7-6-8-21(15-20)35(39)40)28(29(37)41-5)25(16-32)34-19)30(38)43-14-13-42-23-9-11-24(12-10-23)44-18-22(36)17-33-31(2,3)4/h6-12,15,22,27,33-34,36H,13-14,17-18H2,1-5H3. The fraction of sp³-hybridized carbons (Fsp3) is 0.387. The molecule has 0 aliphatic carbocycles. The summed E-state index contributed by atoms with van der Waals surface area (Å²) in [6, 6.07) is 14.1. The molecule has 0 amide bonds. The number of esters is 2. The summed E-state index contributed by atoms with van der Waals surface area (Å²) in [6.45, 7) is 7.89. The van der Waals surface area contributed by atoms with Crippen molar-refractivity contribution in [1.82, 2.24) is 10.6 Å². The molecule has 234 valence electrons. The number of methoxy groups -OCH3 is 1. The van der Waals surface area contributed by atoms with E-state index in [9.17, 15) is 30.1 Å². The lowest BCUT2D eigenvalue weighted by atomic mass is 9.80. The lowest BCUT2D eigenvalue weighted by Gasteiger charge is -2.29. The third-order valence-corrected chi connectivity index (χ3v) is 6.43. The van der Waals surface area contributed by atoms with Crippen LogP contribution < -0.4 is 20.1 Å². The van der Waals surface area contributed by atoms with Crippen molar-refractivity contribution in [2.45, 2.75) is 45.3 Å². The van der Waals surface area contributed by atoms with Crippen LogP contribution >= 0.6 is 0 Å². The van der Waals surface area contributed by atoms with E-state index in [0.717, 1.165) is 7.11 Å². The molecule has 2 aromatic rings. The predicted octanol–water partition coefficient (Wildman–Crippen LogP) is 3.26. The monoisotopic (exact) mass is 608 g/mol. The van der Waals surface area contributed by atoms with Gasteiger partial charge in [0, 0.05) is 29.9 Å². The van der Waals surface area contributed by atoms with Gasteiger partial charge < -0.3 is 34.7 Å². The number of aliphatic hydroxyl groups excluding tert-OH is 1. The number of nitriles is 1. The van der Waals surface area contributed by atoms with Crippen molar-refractivity contribution in [1.29, 1.82) is 5.26 Å². The van der Waals surface area contributed by atoms with E-state index in [0.29, 0.717) is 18.0 Å². The van der Waals surface area contributed by atoms with Gasteiger partial charge in [0.2, 0.25) is 0 Å². The number of nitro benzene ring substituents is 1. The second-order valence-electron chi connectivity index (χ2n) is 10.9. The minimum Gasteiger partial charge on any atom is -0.491 e. The van der Waals surface area contributed by atoms with Crippen molar-refractivity contribution in [2.75, 3.05) is 33.5 Å². The summed E-state index contributed by atoms with van der Waals surface area (Å²) in [5.41, 5.74) is -0.227. The third-order valence-electron chi connectivity index (χ3n) is 6.43. The number of benzene rings is 2. The van der Waals surface area contributed by atoms with E-state index in [4.69, 9.17) is 18.9 Å². The van der Waals surface area contributed by atoms with Crippen LogP contribution in [0.4, 0.5) is 5.69 Å². The Labute approximate surface area is 255 Å². The Kier molecular flexibility index (Phi) is 11.4. The van der Waals surface area contributed by atoms with Gasteiger partial charge in [-0.2, -0.15) is 5.26 Å². The zero-order valence-electron chi connectivity index (χ0n) is 25.2. The van der Waals surface area contributed by atoms with E-state index in [-0.39, 0.29) is 59.2 Å². The summed E-state index contributed by atoms with van der Waals surface area (Å²) in [4.78, 5) is 36.9. The van der Waals surface area contributed by atoms with E-state index in [2.05, 4.69) is 10.6 Å². The number of hydrogen-bond donors (Lipinski definition) is 3. The maximum absolute atomic E-state index is 13.3. The van der Waals surface area contributed by atoms with Gasteiger partial charge in [-0.05, 0) is 57.5 Å². The number of ether oxygens (including phenoxy) is 4. The Morgan fingerprint density at radius 1 is 1.09 bits per heavy atom. The van der Waals surface area contributed by atoms with Crippen LogP contribution in [0.3, 0.4) is 0 Å². The molecule has 1 aliphatic heterocycles. The molecule has 13 nitrogen and oxygen atoms in total. The number of allylic oxidation sites excluding steroid dienone is 2. The number of rotatable bonds is 13. The van der Waals surface area contributed by atoms with Crippen LogP contribution in [0.2, 0.25) is 0 Å². The molecule has 0 fully saturated rings. The Balaban J connectivity index is 1.65. The van der Waals surface area contributed by atoms with Gasteiger partial charge in [-0.3, -0.25) is 10.1 Å². The molecule has 3 N–H and O–H groups in total. The molecule has 1 aliphatic rings. The minimum absolute atomic E-state index is 0.00644. The van der Waals surface area contributed by atoms with E-state index in [1.54, 1.807) is 24.3 Å². The fourth-order valence-electron chi connectivity index (χ4n) is 4.35. The molecule has 2 unspecified atom stereocenters. The smallest absolute Gasteiger partial charge is 0.337 e. The summed E-state index contributed by atoms with van der Waals surface area (Å²) in [7, 11) is 1.13. The van der Waals surface area contributed by atoms with Crippen LogP contribution in [-0.2, 0) is 19.1 Å². The van der Waals surface area contributed by atoms with Crippen molar-refractivity contribution in [2.24, 2.45) is 0 Å². The van der Waals surface area contributed by atoms with Crippen LogP contribution in [0.5, 0.6) is 11.5 Å². The molecule has 2 aromatic carbocycles. The molecular formula is C31H36N4O9. The van der Waals surface area contributed by atoms with Crippen molar-refractivity contribution in [3.8, 4) is 17.6 Å². The van der Waals surface area contributed by atoms with E-state index in [1.807, 2.05) is 26.8 Å². The van der Waals surface area contributed by atoms with Gasteiger partial charge in [-0.1, -0.05) is 12.1 Å². The largest absolute Gasteiger partial charge is 0.491 e. The number of hydrogen-bond acceptors (Lipinski definition) is 12.